The first-order valence-corrected chi connectivity index (χ1v) is 12.7. The first kappa shape index (κ1) is 23.5. The van der Waals surface area contributed by atoms with Crippen LogP contribution in [0.25, 0.3) is 0 Å². The number of carbonyl (C=O) groups excluding carboxylic acids is 2. The molecule has 4 aliphatic rings. The summed E-state index contributed by atoms with van der Waals surface area (Å²) >= 11 is 0. The van der Waals surface area contributed by atoms with Gasteiger partial charge in [0.2, 0.25) is 0 Å². The van der Waals surface area contributed by atoms with E-state index in [4.69, 9.17) is 9.47 Å². The molecular formula is C30H29FN2O4. The third-order valence-electron chi connectivity index (χ3n) is 8.11. The van der Waals surface area contributed by atoms with Crippen molar-refractivity contribution < 1.29 is 23.5 Å². The van der Waals surface area contributed by atoms with Crippen molar-refractivity contribution in [1.29, 1.82) is 0 Å². The average Bonchev–Trinajstić information content (AvgIpc) is 2.89. The van der Waals surface area contributed by atoms with Crippen LogP contribution in [0.4, 0.5) is 14.0 Å². The molecule has 1 heterocycles. The number of fused-ring (bicyclic) bond motifs is 1. The van der Waals surface area contributed by atoms with E-state index >= 15 is 0 Å². The van der Waals surface area contributed by atoms with E-state index in [0.717, 1.165) is 29.5 Å². The molecule has 3 fully saturated rings. The molecule has 0 radical (unpaired) electrons. The Morgan fingerprint density at radius 2 is 1.70 bits per heavy atom. The zero-order valence-corrected chi connectivity index (χ0v) is 20.7. The maximum atomic E-state index is 13.7. The standard InChI is InChI=1S/C30H29FN2O4/c1-32(28(34)36-19-20-7-3-2-4-8-20)27-23-17-30(27,18-23)37-29(35)33-16-15-21-9-5-6-10-25(21)26(33)22-11-13-24(31)14-12-22/h2-14,23,26-27H,15-19H2,1H3/t23?,26-,27?,30?/m0/s1. The van der Waals surface area contributed by atoms with Crippen molar-refractivity contribution in [2.45, 2.75) is 43.6 Å². The molecule has 0 aromatic heterocycles. The minimum absolute atomic E-state index is 0.193. The predicted molar refractivity (Wildman–Crippen MR) is 135 cm³/mol. The lowest BCUT2D eigenvalue weighted by molar-refractivity contribution is -0.250. The van der Waals surface area contributed by atoms with Crippen molar-refractivity contribution in [3.05, 3.63) is 107 Å². The van der Waals surface area contributed by atoms with Gasteiger partial charge in [-0.15, -0.1) is 0 Å². The lowest BCUT2D eigenvalue weighted by Gasteiger charge is -2.68. The lowest BCUT2D eigenvalue weighted by atomic mass is 9.47. The second-order valence-electron chi connectivity index (χ2n) is 10.3. The summed E-state index contributed by atoms with van der Waals surface area (Å²) in [7, 11) is 1.71. The second kappa shape index (κ2) is 9.21. The van der Waals surface area contributed by atoms with Gasteiger partial charge in [0.1, 0.15) is 18.0 Å². The first-order valence-electron chi connectivity index (χ1n) is 12.7. The van der Waals surface area contributed by atoms with Crippen molar-refractivity contribution in [1.82, 2.24) is 9.80 Å². The van der Waals surface area contributed by atoms with Crippen LogP contribution in [-0.4, -0.2) is 47.2 Å². The Morgan fingerprint density at radius 1 is 1.00 bits per heavy atom. The first-order chi connectivity index (χ1) is 17.9. The largest absolute Gasteiger partial charge is 0.445 e. The molecule has 37 heavy (non-hydrogen) atoms. The number of benzene rings is 3. The molecule has 0 N–H and O–H groups in total. The smallest absolute Gasteiger partial charge is 0.411 e. The van der Waals surface area contributed by atoms with Gasteiger partial charge in [0.05, 0.1) is 12.1 Å². The van der Waals surface area contributed by atoms with Gasteiger partial charge in [0.15, 0.2) is 0 Å². The maximum Gasteiger partial charge on any atom is 0.411 e. The summed E-state index contributed by atoms with van der Waals surface area (Å²) in [5.41, 5.74) is 3.26. The van der Waals surface area contributed by atoms with Crippen LogP contribution in [0.1, 0.15) is 41.1 Å². The number of halogens is 1. The summed E-state index contributed by atoms with van der Waals surface area (Å²) in [5.74, 6) is -0.0158. The molecule has 3 aromatic carbocycles. The summed E-state index contributed by atoms with van der Waals surface area (Å²) in [4.78, 5) is 29.7. The predicted octanol–water partition coefficient (Wildman–Crippen LogP) is 5.71. The zero-order valence-electron chi connectivity index (χ0n) is 20.7. The molecule has 1 unspecified atom stereocenters. The summed E-state index contributed by atoms with van der Waals surface area (Å²) in [6.07, 6.45) is 1.37. The highest BCUT2D eigenvalue weighted by Crippen LogP contribution is 2.62. The Kier molecular flexibility index (Phi) is 5.86. The van der Waals surface area contributed by atoms with Gasteiger partial charge in [-0.05, 0) is 59.6 Å². The molecule has 1 aliphatic heterocycles. The van der Waals surface area contributed by atoms with Gasteiger partial charge >= 0.3 is 12.2 Å². The highest BCUT2D eigenvalue weighted by atomic mass is 19.1. The van der Waals surface area contributed by atoms with E-state index < -0.39 is 17.8 Å². The van der Waals surface area contributed by atoms with Gasteiger partial charge in [0.25, 0.3) is 0 Å². The van der Waals surface area contributed by atoms with Crippen molar-refractivity contribution >= 4 is 12.2 Å². The monoisotopic (exact) mass is 500 g/mol. The molecule has 0 saturated heterocycles. The lowest BCUT2D eigenvalue weighted by Crippen LogP contribution is -2.78. The number of hydrogen-bond donors (Lipinski definition) is 0. The molecule has 0 spiro atoms. The number of hydrogen-bond acceptors (Lipinski definition) is 4. The Balaban J connectivity index is 1.17. The number of likely N-dealkylation sites (N-methyl/N-ethyl adjacent to an activating group) is 1. The number of rotatable bonds is 5. The van der Waals surface area contributed by atoms with E-state index in [1.807, 2.05) is 48.5 Å². The van der Waals surface area contributed by atoms with Crippen molar-refractivity contribution in [3.8, 4) is 0 Å². The summed E-state index contributed by atoms with van der Waals surface area (Å²) < 4.78 is 25.4. The van der Waals surface area contributed by atoms with Gasteiger partial charge in [-0.2, -0.15) is 0 Å². The van der Waals surface area contributed by atoms with Gasteiger partial charge in [0, 0.05) is 13.6 Å². The molecule has 6 nitrogen and oxygen atoms in total. The van der Waals surface area contributed by atoms with Crippen LogP contribution in [0.2, 0.25) is 0 Å². The number of nitrogens with zero attached hydrogens (tertiary/aromatic N) is 2. The number of carbonyl (C=O) groups is 2. The molecule has 2 bridgehead atoms. The van der Waals surface area contributed by atoms with Crippen molar-refractivity contribution in [2.24, 2.45) is 5.92 Å². The Hall–Kier alpha value is -3.87. The fraction of sp³-hybridized carbons (Fsp3) is 0.333. The van der Waals surface area contributed by atoms with Crippen LogP contribution in [0.3, 0.4) is 0 Å². The number of amides is 2. The Bertz CT molecular complexity index is 1310. The van der Waals surface area contributed by atoms with E-state index in [2.05, 4.69) is 6.07 Å². The highest BCUT2D eigenvalue weighted by Gasteiger charge is 2.71. The van der Waals surface area contributed by atoms with Gasteiger partial charge < -0.3 is 14.4 Å². The second-order valence-corrected chi connectivity index (χ2v) is 10.3. The molecule has 2 amide bonds. The van der Waals surface area contributed by atoms with E-state index in [1.54, 1.807) is 29.0 Å². The minimum Gasteiger partial charge on any atom is -0.445 e. The Morgan fingerprint density at radius 3 is 2.41 bits per heavy atom. The van der Waals surface area contributed by atoms with Gasteiger partial charge in [-0.1, -0.05) is 66.7 Å². The fourth-order valence-electron chi connectivity index (χ4n) is 6.15. The maximum absolute atomic E-state index is 13.7. The molecule has 7 rings (SSSR count). The van der Waals surface area contributed by atoms with Gasteiger partial charge in [-0.25, -0.2) is 14.0 Å². The van der Waals surface area contributed by atoms with E-state index in [1.165, 1.54) is 17.7 Å². The summed E-state index contributed by atoms with van der Waals surface area (Å²) in [6, 6.07) is 23.3. The summed E-state index contributed by atoms with van der Waals surface area (Å²) in [6.45, 7) is 0.692. The van der Waals surface area contributed by atoms with Crippen molar-refractivity contribution in [3.63, 3.8) is 0 Å². The molecule has 3 aromatic rings. The molecule has 3 aliphatic carbocycles. The van der Waals surface area contributed by atoms with Crippen molar-refractivity contribution in [2.75, 3.05) is 13.6 Å². The quantitative estimate of drug-likeness (QED) is 0.450. The van der Waals surface area contributed by atoms with E-state index in [0.29, 0.717) is 18.9 Å². The van der Waals surface area contributed by atoms with E-state index in [-0.39, 0.29) is 24.5 Å². The highest BCUT2D eigenvalue weighted by molar-refractivity contribution is 5.72. The summed E-state index contributed by atoms with van der Waals surface area (Å²) in [5, 5.41) is 0. The van der Waals surface area contributed by atoms with Crippen LogP contribution in [0.5, 0.6) is 0 Å². The SMILES string of the molecule is CN(C(=O)OCc1ccccc1)C1C2CC1(OC(=O)N1CCc3ccccc3[C@@H]1c1ccc(F)cc1)C2. The zero-order chi connectivity index (χ0) is 25.6. The third-order valence-corrected chi connectivity index (χ3v) is 8.11. The Labute approximate surface area is 215 Å². The molecule has 3 saturated carbocycles. The third kappa shape index (κ3) is 4.12. The van der Waals surface area contributed by atoms with Crippen LogP contribution < -0.4 is 0 Å². The normalized spacial score (nSPS) is 25.2. The minimum atomic E-state index is -0.688. The molecular weight excluding hydrogens is 471 g/mol. The van der Waals surface area contributed by atoms with Crippen LogP contribution in [-0.2, 0) is 22.5 Å². The molecule has 7 heteroatoms. The van der Waals surface area contributed by atoms with E-state index in [9.17, 15) is 14.0 Å². The van der Waals surface area contributed by atoms with Gasteiger partial charge in [-0.3, -0.25) is 4.90 Å². The van der Waals surface area contributed by atoms with Crippen LogP contribution >= 0.6 is 0 Å². The topological polar surface area (TPSA) is 59.1 Å². The van der Waals surface area contributed by atoms with Crippen LogP contribution in [0.15, 0.2) is 78.9 Å². The number of ether oxygens (including phenoxy) is 2. The fourth-order valence-corrected chi connectivity index (χ4v) is 6.15. The molecule has 190 valence electrons. The molecule has 2 atom stereocenters. The average molecular weight is 501 g/mol. The van der Waals surface area contributed by atoms with Crippen LogP contribution in [0, 0.1) is 11.7 Å².